The van der Waals surface area contributed by atoms with E-state index < -0.39 is 0 Å². The number of rotatable bonds is 6. The SMILES string of the molecule is C=C(C)CN(CC)C(=O)CSc1nc2ccc(C)cc2[nH]1. The van der Waals surface area contributed by atoms with Gasteiger partial charge in [0.25, 0.3) is 0 Å². The lowest BCUT2D eigenvalue weighted by molar-refractivity contribution is -0.127. The molecule has 1 amide bonds. The predicted molar refractivity (Wildman–Crippen MR) is 88.6 cm³/mol. The van der Waals surface area contributed by atoms with E-state index >= 15 is 0 Å². The zero-order valence-corrected chi connectivity index (χ0v) is 13.6. The first kappa shape index (κ1) is 15.6. The van der Waals surface area contributed by atoms with E-state index in [-0.39, 0.29) is 5.91 Å². The zero-order chi connectivity index (χ0) is 15.4. The maximum Gasteiger partial charge on any atom is 0.233 e. The van der Waals surface area contributed by atoms with Crippen molar-refractivity contribution in [2.24, 2.45) is 0 Å². The number of benzene rings is 1. The van der Waals surface area contributed by atoms with E-state index in [1.165, 1.54) is 17.3 Å². The van der Waals surface area contributed by atoms with Gasteiger partial charge in [0.05, 0.1) is 16.8 Å². The molecule has 0 spiro atoms. The van der Waals surface area contributed by atoms with E-state index in [1.54, 1.807) is 0 Å². The summed E-state index contributed by atoms with van der Waals surface area (Å²) < 4.78 is 0. The van der Waals surface area contributed by atoms with Crippen LogP contribution in [0.15, 0.2) is 35.5 Å². The first-order valence-electron chi connectivity index (χ1n) is 7.01. The average molecular weight is 303 g/mol. The molecule has 0 aliphatic carbocycles. The first-order valence-corrected chi connectivity index (χ1v) is 7.99. The molecule has 112 valence electrons. The third kappa shape index (κ3) is 4.11. The van der Waals surface area contributed by atoms with Crippen LogP contribution in [0.5, 0.6) is 0 Å². The Labute approximate surface area is 129 Å². The van der Waals surface area contributed by atoms with Crippen LogP contribution < -0.4 is 0 Å². The van der Waals surface area contributed by atoms with Gasteiger partial charge >= 0.3 is 0 Å². The van der Waals surface area contributed by atoms with Crippen molar-refractivity contribution in [2.75, 3.05) is 18.8 Å². The molecule has 1 aromatic heterocycles. The molecule has 0 radical (unpaired) electrons. The molecule has 1 N–H and O–H groups in total. The van der Waals surface area contributed by atoms with Gasteiger partial charge in [0.15, 0.2) is 5.16 Å². The van der Waals surface area contributed by atoms with Crippen LogP contribution in [0.2, 0.25) is 0 Å². The van der Waals surface area contributed by atoms with Gasteiger partial charge in [-0.1, -0.05) is 30.0 Å². The van der Waals surface area contributed by atoms with Crippen molar-refractivity contribution in [1.29, 1.82) is 0 Å². The largest absolute Gasteiger partial charge is 0.338 e. The topological polar surface area (TPSA) is 49.0 Å². The minimum atomic E-state index is 0.113. The van der Waals surface area contributed by atoms with Gasteiger partial charge < -0.3 is 9.88 Å². The average Bonchev–Trinajstić information content (AvgIpc) is 2.83. The Morgan fingerprint density at radius 2 is 2.24 bits per heavy atom. The second-order valence-corrected chi connectivity index (χ2v) is 6.18. The Balaban J connectivity index is 2.00. The molecule has 0 bridgehead atoms. The molecular weight excluding hydrogens is 282 g/mol. The molecular formula is C16H21N3OS. The number of aryl methyl sites for hydroxylation is 1. The summed E-state index contributed by atoms with van der Waals surface area (Å²) in [5, 5.41) is 0.787. The number of nitrogens with one attached hydrogen (secondary N) is 1. The van der Waals surface area contributed by atoms with Crippen LogP contribution in [0, 0.1) is 6.92 Å². The van der Waals surface area contributed by atoms with Crippen molar-refractivity contribution in [3.8, 4) is 0 Å². The number of nitrogens with zero attached hydrogens (tertiary/aromatic N) is 2. The van der Waals surface area contributed by atoms with Gasteiger partial charge in [-0.25, -0.2) is 4.98 Å². The number of hydrogen-bond acceptors (Lipinski definition) is 3. The maximum atomic E-state index is 12.2. The molecule has 2 aromatic rings. The number of likely N-dealkylation sites (N-methyl/N-ethyl adjacent to an activating group) is 1. The van der Waals surface area contributed by atoms with Crippen molar-refractivity contribution < 1.29 is 4.79 Å². The number of imidazole rings is 1. The molecule has 0 saturated carbocycles. The Bertz CT molecular complexity index is 663. The van der Waals surface area contributed by atoms with Crippen LogP contribution in [-0.2, 0) is 4.79 Å². The van der Waals surface area contributed by atoms with Crippen molar-refractivity contribution >= 4 is 28.7 Å². The van der Waals surface area contributed by atoms with Crippen LogP contribution in [-0.4, -0.2) is 39.6 Å². The molecule has 0 aliphatic heterocycles. The summed E-state index contributed by atoms with van der Waals surface area (Å²) in [6.45, 7) is 11.1. The summed E-state index contributed by atoms with van der Waals surface area (Å²) in [7, 11) is 0. The number of fused-ring (bicyclic) bond motifs is 1. The molecule has 1 heterocycles. The maximum absolute atomic E-state index is 12.2. The standard InChI is InChI=1S/C16H21N3OS/c1-5-19(9-11(2)3)15(20)10-21-16-17-13-7-6-12(4)8-14(13)18-16/h6-8H,2,5,9-10H2,1,3-4H3,(H,17,18). The third-order valence-electron chi connectivity index (χ3n) is 3.14. The lowest BCUT2D eigenvalue weighted by Gasteiger charge is -2.20. The smallest absolute Gasteiger partial charge is 0.233 e. The monoisotopic (exact) mass is 303 g/mol. The summed E-state index contributed by atoms with van der Waals surface area (Å²) in [5.74, 6) is 0.502. The second-order valence-electron chi connectivity index (χ2n) is 5.22. The highest BCUT2D eigenvalue weighted by Crippen LogP contribution is 2.20. The molecule has 21 heavy (non-hydrogen) atoms. The molecule has 5 heteroatoms. The second kappa shape index (κ2) is 6.80. The molecule has 0 aliphatic rings. The lowest BCUT2D eigenvalue weighted by atomic mass is 10.2. The highest BCUT2D eigenvalue weighted by Gasteiger charge is 2.13. The van der Waals surface area contributed by atoms with Gasteiger partial charge in [-0.05, 0) is 38.5 Å². The Kier molecular flexibility index (Phi) is 5.07. The fraction of sp³-hybridized carbons (Fsp3) is 0.375. The van der Waals surface area contributed by atoms with Crippen molar-refractivity contribution in [3.05, 3.63) is 35.9 Å². The van der Waals surface area contributed by atoms with E-state index in [4.69, 9.17) is 0 Å². The summed E-state index contributed by atoms with van der Waals surface area (Å²) in [6, 6.07) is 6.09. The number of amides is 1. The molecule has 0 unspecified atom stereocenters. The number of hydrogen-bond donors (Lipinski definition) is 1. The van der Waals surface area contributed by atoms with Crippen LogP contribution >= 0.6 is 11.8 Å². The number of thioether (sulfide) groups is 1. The summed E-state index contributed by atoms with van der Waals surface area (Å²) in [4.78, 5) is 21.7. The van der Waals surface area contributed by atoms with Crippen LogP contribution in [0.1, 0.15) is 19.4 Å². The molecule has 0 fully saturated rings. The number of H-pyrrole nitrogens is 1. The third-order valence-corrected chi connectivity index (χ3v) is 4.00. The normalized spacial score (nSPS) is 10.8. The van der Waals surface area contributed by atoms with Crippen LogP contribution in [0.4, 0.5) is 0 Å². The van der Waals surface area contributed by atoms with Gasteiger partial charge in [-0.3, -0.25) is 4.79 Å². The molecule has 1 aromatic carbocycles. The zero-order valence-electron chi connectivity index (χ0n) is 12.8. The number of aromatic amines is 1. The summed E-state index contributed by atoms with van der Waals surface area (Å²) in [5.41, 5.74) is 4.14. The number of carbonyl (C=O) groups excluding carboxylic acids is 1. The Morgan fingerprint density at radius 1 is 1.48 bits per heavy atom. The van der Waals surface area contributed by atoms with Crippen molar-refractivity contribution in [3.63, 3.8) is 0 Å². The number of aromatic nitrogens is 2. The van der Waals surface area contributed by atoms with Gasteiger partial charge in [0, 0.05) is 13.1 Å². The molecule has 0 saturated heterocycles. The van der Waals surface area contributed by atoms with Gasteiger partial charge in [0.1, 0.15) is 0 Å². The first-order chi connectivity index (χ1) is 9.99. The summed E-state index contributed by atoms with van der Waals surface area (Å²) in [6.07, 6.45) is 0. The van der Waals surface area contributed by atoms with Gasteiger partial charge in [-0.15, -0.1) is 0 Å². The quantitative estimate of drug-likeness (QED) is 0.657. The van der Waals surface area contributed by atoms with E-state index in [9.17, 15) is 4.79 Å². The van der Waals surface area contributed by atoms with E-state index in [0.29, 0.717) is 18.8 Å². The lowest BCUT2D eigenvalue weighted by Crippen LogP contribution is -2.33. The van der Waals surface area contributed by atoms with Crippen molar-refractivity contribution in [2.45, 2.75) is 25.9 Å². The fourth-order valence-corrected chi connectivity index (χ4v) is 2.88. The Morgan fingerprint density at radius 3 is 2.90 bits per heavy atom. The highest BCUT2D eigenvalue weighted by molar-refractivity contribution is 7.99. The molecule has 0 atom stereocenters. The van der Waals surface area contributed by atoms with Gasteiger partial charge in [-0.2, -0.15) is 0 Å². The minimum Gasteiger partial charge on any atom is -0.338 e. The highest BCUT2D eigenvalue weighted by atomic mass is 32.2. The van der Waals surface area contributed by atoms with Crippen LogP contribution in [0.3, 0.4) is 0 Å². The fourth-order valence-electron chi connectivity index (χ4n) is 2.09. The van der Waals surface area contributed by atoms with E-state index in [1.807, 2.05) is 37.8 Å². The Hall–Kier alpha value is -1.75. The van der Waals surface area contributed by atoms with Crippen molar-refractivity contribution in [1.82, 2.24) is 14.9 Å². The predicted octanol–water partition coefficient (Wildman–Crippen LogP) is 3.39. The van der Waals surface area contributed by atoms with Gasteiger partial charge in [0.2, 0.25) is 5.91 Å². The van der Waals surface area contributed by atoms with E-state index in [2.05, 4.69) is 22.6 Å². The number of carbonyl (C=O) groups is 1. The van der Waals surface area contributed by atoms with E-state index in [0.717, 1.165) is 21.8 Å². The molecule has 4 nitrogen and oxygen atoms in total. The summed E-state index contributed by atoms with van der Waals surface area (Å²) >= 11 is 1.44. The molecule has 2 rings (SSSR count). The minimum absolute atomic E-state index is 0.113. The van der Waals surface area contributed by atoms with Crippen LogP contribution in [0.25, 0.3) is 11.0 Å².